The van der Waals surface area contributed by atoms with Crippen LogP contribution in [0.25, 0.3) is 0 Å². The summed E-state index contributed by atoms with van der Waals surface area (Å²) in [5, 5.41) is 11.9. The average Bonchev–Trinajstić information content (AvgIpc) is 2.46. The molecule has 0 saturated heterocycles. The third-order valence-electron chi connectivity index (χ3n) is 3.05. The fourth-order valence-electron chi connectivity index (χ4n) is 1.83. The number of halogens is 1. The molecule has 102 valence electrons. The van der Waals surface area contributed by atoms with Gasteiger partial charge in [0, 0.05) is 37.6 Å². The zero-order chi connectivity index (χ0) is 14.5. The molecular formula is C16H16FN3. The molecule has 0 atom stereocenters. The van der Waals surface area contributed by atoms with Gasteiger partial charge in [0.2, 0.25) is 0 Å². The van der Waals surface area contributed by atoms with E-state index in [2.05, 4.69) is 5.32 Å². The Labute approximate surface area is 118 Å². The van der Waals surface area contributed by atoms with Gasteiger partial charge in [-0.25, -0.2) is 4.39 Å². The van der Waals surface area contributed by atoms with Crippen LogP contribution in [0.4, 0.5) is 15.8 Å². The largest absolute Gasteiger partial charge is 0.381 e. The molecule has 0 aliphatic heterocycles. The van der Waals surface area contributed by atoms with Gasteiger partial charge in [-0.3, -0.25) is 0 Å². The molecule has 2 aromatic rings. The van der Waals surface area contributed by atoms with E-state index in [4.69, 9.17) is 5.26 Å². The minimum absolute atomic E-state index is 0.335. The molecule has 0 bridgehead atoms. The summed E-state index contributed by atoms with van der Waals surface area (Å²) in [6.07, 6.45) is 0. The fraction of sp³-hybridized carbons (Fsp3) is 0.188. The summed E-state index contributed by atoms with van der Waals surface area (Å²) in [6.45, 7) is 0.388. The molecule has 0 heterocycles. The Hall–Kier alpha value is -2.54. The summed E-state index contributed by atoms with van der Waals surface area (Å²) in [5.41, 5.74) is 2.92. The lowest BCUT2D eigenvalue weighted by molar-refractivity contribution is 0.612. The maximum absolute atomic E-state index is 13.7. The van der Waals surface area contributed by atoms with Crippen molar-refractivity contribution in [2.24, 2.45) is 0 Å². The Balaban J connectivity index is 2.03. The van der Waals surface area contributed by atoms with Gasteiger partial charge >= 0.3 is 0 Å². The van der Waals surface area contributed by atoms with Gasteiger partial charge in [0.1, 0.15) is 5.82 Å². The Morgan fingerprint density at radius 2 is 1.85 bits per heavy atom. The van der Waals surface area contributed by atoms with Crippen LogP contribution < -0.4 is 10.2 Å². The van der Waals surface area contributed by atoms with Crippen LogP contribution >= 0.6 is 0 Å². The molecule has 3 nitrogen and oxygen atoms in total. The van der Waals surface area contributed by atoms with E-state index in [0.29, 0.717) is 17.7 Å². The summed E-state index contributed by atoms with van der Waals surface area (Å²) >= 11 is 0. The summed E-state index contributed by atoms with van der Waals surface area (Å²) in [7, 11) is 3.96. The van der Waals surface area contributed by atoms with Crippen molar-refractivity contribution in [2.45, 2.75) is 6.54 Å². The van der Waals surface area contributed by atoms with E-state index in [1.165, 1.54) is 6.07 Å². The number of hydrogen-bond acceptors (Lipinski definition) is 3. The first-order valence-corrected chi connectivity index (χ1v) is 6.30. The third-order valence-corrected chi connectivity index (χ3v) is 3.05. The van der Waals surface area contributed by atoms with E-state index in [1.807, 2.05) is 49.3 Å². The van der Waals surface area contributed by atoms with Crippen LogP contribution in [0.3, 0.4) is 0 Å². The molecule has 2 rings (SSSR count). The van der Waals surface area contributed by atoms with Crippen LogP contribution in [-0.2, 0) is 6.54 Å². The predicted molar refractivity (Wildman–Crippen MR) is 79.2 cm³/mol. The highest BCUT2D eigenvalue weighted by Crippen LogP contribution is 2.17. The fourth-order valence-corrected chi connectivity index (χ4v) is 1.83. The van der Waals surface area contributed by atoms with E-state index in [0.717, 1.165) is 11.4 Å². The highest BCUT2D eigenvalue weighted by Gasteiger charge is 2.03. The number of anilines is 2. The summed E-state index contributed by atoms with van der Waals surface area (Å²) in [4.78, 5) is 2.02. The molecule has 2 aromatic carbocycles. The highest BCUT2D eigenvalue weighted by atomic mass is 19.1. The van der Waals surface area contributed by atoms with Gasteiger partial charge in [0.25, 0.3) is 0 Å². The van der Waals surface area contributed by atoms with Gasteiger partial charge in [-0.1, -0.05) is 6.07 Å². The van der Waals surface area contributed by atoms with Crippen LogP contribution in [0.2, 0.25) is 0 Å². The second-order valence-corrected chi connectivity index (χ2v) is 4.71. The zero-order valence-electron chi connectivity index (χ0n) is 11.5. The second kappa shape index (κ2) is 6.07. The van der Waals surface area contributed by atoms with Gasteiger partial charge < -0.3 is 10.2 Å². The van der Waals surface area contributed by atoms with Crippen molar-refractivity contribution in [3.05, 3.63) is 59.4 Å². The van der Waals surface area contributed by atoms with E-state index >= 15 is 0 Å². The number of nitrogens with zero attached hydrogens (tertiary/aromatic N) is 2. The van der Waals surface area contributed by atoms with Gasteiger partial charge in [-0.05, 0) is 36.4 Å². The molecule has 0 fully saturated rings. The third kappa shape index (κ3) is 3.27. The Morgan fingerprint density at radius 3 is 2.40 bits per heavy atom. The number of benzene rings is 2. The van der Waals surface area contributed by atoms with E-state index in [9.17, 15) is 4.39 Å². The van der Waals surface area contributed by atoms with Crippen molar-refractivity contribution >= 4 is 11.4 Å². The lowest BCUT2D eigenvalue weighted by Crippen LogP contribution is -2.08. The molecular weight excluding hydrogens is 253 g/mol. The Kier molecular flexibility index (Phi) is 4.21. The molecule has 20 heavy (non-hydrogen) atoms. The van der Waals surface area contributed by atoms with Crippen molar-refractivity contribution in [2.75, 3.05) is 24.3 Å². The minimum atomic E-state index is -0.360. The molecule has 0 saturated carbocycles. The van der Waals surface area contributed by atoms with Crippen LogP contribution in [0.5, 0.6) is 0 Å². The smallest absolute Gasteiger partial charge is 0.129 e. The van der Waals surface area contributed by atoms with E-state index < -0.39 is 0 Å². The summed E-state index contributed by atoms with van der Waals surface area (Å²) in [5.74, 6) is -0.360. The molecule has 1 N–H and O–H groups in total. The predicted octanol–water partition coefficient (Wildman–Crippen LogP) is 3.38. The average molecular weight is 269 g/mol. The van der Waals surface area contributed by atoms with Crippen LogP contribution in [0, 0.1) is 17.1 Å². The Morgan fingerprint density at radius 1 is 1.15 bits per heavy atom. The van der Waals surface area contributed by atoms with Crippen LogP contribution in [0.15, 0.2) is 42.5 Å². The van der Waals surface area contributed by atoms with Gasteiger partial charge in [-0.2, -0.15) is 5.26 Å². The summed E-state index contributed by atoms with van der Waals surface area (Å²) in [6, 6.07) is 14.3. The first-order valence-electron chi connectivity index (χ1n) is 6.30. The molecule has 0 radical (unpaired) electrons. The topological polar surface area (TPSA) is 39.1 Å². The second-order valence-electron chi connectivity index (χ2n) is 4.71. The van der Waals surface area contributed by atoms with Gasteiger partial charge in [0.05, 0.1) is 11.6 Å². The van der Waals surface area contributed by atoms with Gasteiger partial charge in [-0.15, -0.1) is 0 Å². The SMILES string of the molecule is CN(C)c1ccc(NCc2ccc(C#N)cc2F)cc1. The maximum Gasteiger partial charge on any atom is 0.129 e. The van der Waals surface area contributed by atoms with E-state index in [1.54, 1.807) is 12.1 Å². The molecule has 0 aliphatic carbocycles. The van der Waals surface area contributed by atoms with Crippen LogP contribution in [0.1, 0.15) is 11.1 Å². The molecule has 0 unspecified atom stereocenters. The quantitative estimate of drug-likeness (QED) is 0.924. The standard InChI is InChI=1S/C16H16FN3/c1-20(2)15-7-5-14(6-8-15)19-11-13-4-3-12(10-18)9-16(13)17/h3-9,19H,11H2,1-2H3. The van der Waals surface area contributed by atoms with Crippen molar-refractivity contribution in [3.8, 4) is 6.07 Å². The lowest BCUT2D eigenvalue weighted by Gasteiger charge is -2.13. The molecule has 0 aromatic heterocycles. The Bertz CT molecular complexity index is 627. The highest BCUT2D eigenvalue weighted by molar-refractivity contribution is 5.54. The number of rotatable bonds is 4. The lowest BCUT2D eigenvalue weighted by atomic mass is 10.1. The van der Waals surface area contributed by atoms with E-state index in [-0.39, 0.29) is 5.82 Å². The normalized spacial score (nSPS) is 9.90. The van der Waals surface area contributed by atoms with Gasteiger partial charge in [0.15, 0.2) is 0 Å². The van der Waals surface area contributed by atoms with Crippen molar-refractivity contribution in [3.63, 3.8) is 0 Å². The molecule has 0 aliphatic rings. The molecule has 4 heteroatoms. The first-order chi connectivity index (χ1) is 9.60. The maximum atomic E-state index is 13.7. The number of nitriles is 1. The molecule has 0 spiro atoms. The zero-order valence-corrected chi connectivity index (χ0v) is 11.5. The minimum Gasteiger partial charge on any atom is -0.381 e. The number of nitrogens with one attached hydrogen (secondary N) is 1. The number of hydrogen-bond donors (Lipinski definition) is 1. The first kappa shape index (κ1) is 13.9. The van der Waals surface area contributed by atoms with Crippen molar-refractivity contribution in [1.82, 2.24) is 0 Å². The van der Waals surface area contributed by atoms with Crippen LogP contribution in [-0.4, -0.2) is 14.1 Å². The van der Waals surface area contributed by atoms with Crippen molar-refractivity contribution < 1.29 is 4.39 Å². The monoisotopic (exact) mass is 269 g/mol. The summed E-state index contributed by atoms with van der Waals surface area (Å²) < 4.78 is 13.7. The molecule has 0 amide bonds. The van der Waals surface area contributed by atoms with Crippen molar-refractivity contribution in [1.29, 1.82) is 5.26 Å².